The first-order chi connectivity index (χ1) is 6.79. The topological polar surface area (TPSA) is 64.1 Å². The summed E-state index contributed by atoms with van der Waals surface area (Å²) in [6.07, 6.45) is 2.36. The van der Waals surface area contributed by atoms with Crippen molar-refractivity contribution in [1.29, 1.82) is 0 Å². The zero-order chi connectivity index (χ0) is 9.97. The van der Waals surface area contributed by atoms with Crippen molar-refractivity contribution in [3.05, 3.63) is 17.8 Å². The highest BCUT2D eigenvalue weighted by molar-refractivity contribution is 5.86. The lowest BCUT2D eigenvalue weighted by atomic mass is 10.4. The highest BCUT2D eigenvalue weighted by Gasteiger charge is 2.21. The first-order valence-electron chi connectivity index (χ1n) is 4.48. The van der Waals surface area contributed by atoms with E-state index in [-0.39, 0.29) is 5.69 Å². The van der Waals surface area contributed by atoms with Crippen molar-refractivity contribution in [2.45, 2.75) is 18.9 Å². The summed E-state index contributed by atoms with van der Waals surface area (Å²) >= 11 is 0. The second kappa shape index (κ2) is 3.61. The molecule has 1 aliphatic rings. The molecule has 0 radical (unpaired) electrons. The lowest BCUT2D eigenvalue weighted by molar-refractivity contribution is 0.0593. The maximum atomic E-state index is 11.0. The maximum absolute atomic E-state index is 11.0. The Kier molecular flexibility index (Phi) is 2.30. The minimum Gasteiger partial charge on any atom is -0.464 e. The van der Waals surface area contributed by atoms with Crippen molar-refractivity contribution < 1.29 is 9.53 Å². The van der Waals surface area contributed by atoms with Crippen LogP contribution in [0.3, 0.4) is 0 Å². The largest absolute Gasteiger partial charge is 0.464 e. The minimum atomic E-state index is -0.463. The molecule has 1 heterocycles. The third-order valence-electron chi connectivity index (χ3n) is 1.99. The number of methoxy groups -OCH3 is 1. The summed E-state index contributed by atoms with van der Waals surface area (Å²) < 4.78 is 4.51. The third-order valence-corrected chi connectivity index (χ3v) is 1.99. The molecular weight excluding hydrogens is 182 g/mol. The summed E-state index contributed by atoms with van der Waals surface area (Å²) in [5, 5.41) is 10.8. The quantitative estimate of drug-likeness (QED) is 0.720. The summed E-state index contributed by atoms with van der Waals surface area (Å²) in [6, 6.07) is 3.87. The van der Waals surface area contributed by atoms with Crippen LogP contribution in [0.1, 0.15) is 23.3 Å². The van der Waals surface area contributed by atoms with Gasteiger partial charge in [-0.1, -0.05) is 0 Å². The molecule has 0 unspecified atom stereocenters. The van der Waals surface area contributed by atoms with Gasteiger partial charge >= 0.3 is 5.97 Å². The van der Waals surface area contributed by atoms with Crippen LogP contribution in [-0.4, -0.2) is 29.3 Å². The molecule has 1 aliphatic carbocycles. The Labute approximate surface area is 81.5 Å². The van der Waals surface area contributed by atoms with Gasteiger partial charge in [-0.05, 0) is 25.0 Å². The molecule has 1 aromatic heterocycles. The van der Waals surface area contributed by atoms with Crippen LogP contribution in [-0.2, 0) is 4.74 Å². The standard InChI is InChI=1S/C9H11N3O2/c1-14-9(13)7-4-5-8(12-11-7)10-6-2-3-6/h4-6H,2-3H2,1H3,(H,10,12). The molecule has 0 bridgehead atoms. The average Bonchev–Trinajstić information content (AvgIpc) is 3.02. The molecule has 0 atom stereocenters. The van der Waals surface area contributed by atoms with E-state index in [2.05, 4.69) is 20.3 Å². The lowest BCUT2D eigenvalue weighted by Gasteiger charge is -2.02. The van der Waals surface area contributed by atoms with Crippen molar-refractivity contribution in [2.75, 3.05) is 12.4 Å². The van der Waals surface area contributed by atoms with E-state index in [0.717, 1.165) is 0 Å². The molecule has 74 valence electrons. The summed E-state index contributed by atoms with van der Waals surface area (Å²) in [4.78, 5) is 11.0. The number of aromatic nitrogens is 2. The molecule has 1 N–H and O–H groups in total. The summed E-state index contributed by atoms with van der Waals surface area (Å²) in [5.74, 6) is 0.246. The minimum absolute atomic E-state index is 0.230. The fraction of sp³-hybridized carbons (Fsp3) is 0.444. The van der Waals surface area contributed by atoms with Gasteiger partial charge in [-0.2, -0.15) is 0 Å². The van der Waals surface area contributed by atoms with Crippen molar-refractivity contribution in [3.63, 3.8) is 0 Å². The van der Waals surface area contributed by atoms with Gasteiger partial charge in [0.25, 0.3) is 0 Å². The normalized spacial score (nSPS) is 14.9. The molecule has 0 aromatic carbocycles. The molecule has 0 amide bonds. The highest BCUT2D eigenvalue weighted by atomic mass is 16.5. The van der Waals surface area contributed by atoms with E-state index < -0.39 is 5.97 Å². The zero-order valence-electron chi connectivity index (χ0n) is 7.86. The molecule has 1 aromatic rings. The Balaban J connectivity index is 2.04. The first kappa shape index (κ1) is 8.93. The van der Waals surface area contributed by atoms with E-state index in [1.54, 1.807) is 12.1 Å². The van der Waals surface area contributed by atoms with Gasteiger partial charge in [0.05, 0.1) is 7.11 Å². The predicted octanol–water partition coefficient (Wildman–Crippen LogP) is 0.837. The monoisotopic (exact) mass is 193 g/mol. The van der Waals surface area contributed by atoms with Gasteiger partial charge in [0.15, 0.2) is 5.69 Å². The molecule has 1 saturated carbocycles. The smallest absolute Gasteiger partial charge is 0.358 e. The molecule has 1 fully saturated rings. The van der Waals surface area contributed by atoms with Crippen LogP contribution >= 0.6 is 0 Å². The molecule has 0 aliphatic heterocycles. The molecule has 5 nitrogen and oxygen atoms in total. The number of carbonyl (C=O) groups excluding carboxylic acids is 1. The maximum Gasteiger partial charge on any atom is 0.358 e. The molecule has 14 heavy (non-hydrogen) atoms. The molecule has 5 heteroatoms. The Morgan fingerprint density at radius 2 is 2.29 bits per heavy atom. The SMILES string of the molecule is COC(=O)c1ccc(NC2CC2)nn1. The Hall–Kier alpha value is -1.65. The van der Waals surface area contributed by atoms with Crippen LogP contribution in [0.5, 0.6) is 0 Å². The number of carbonyl (C=O) groups is 1. The van der Waals surface area contributed by atoms with Crippen molar-refractivity contribution >= 4 is 11.8 Å². The second-order valence-electron chi connectivity index (χ2n) is 3.21. The van der Waals surface area contributed by atoms with Crippen LogP contribution in [0.25, 0.3) is 0 Å². The van der Waals surface area contributed by atoms with Crippen LogP contribution in [0.15, 0.2) is 12.1 Å². The fourth-order valence-electron chi connectivity index (χ4n) is 1.06. The van der Waals surface area contributed by atoms with Crippen molar-refractivity contribution in [1.82, 2.24) is 10.2 Å². The van der Waals surface area contributed by atoms with Gasteiger partial charge < -0.3 is 10.1 Å². The van der Waals surface area contributed by atoms with Crippen molar-refractivity contribution in [3.8, 4) is 0 Å². The Bertz CT molecular complexity index is 332. The van der Waals surface area contributed by atoms with Crippen LogP contribution < -0.4 is 5.32 Å². The summed E-state index contributed by atoms with van der Waals surface area (Å²) in [5.41, 5.74) is 0.230. The molecule has 0 spiro atoms. The van der Waals surface area contributed by atoms with Gasteiger partial charge in [-0.25, -0.2) is 4.79 Å². The number of hydrogen-bond donors (Lipinski definition) is 1. The van der Waals surface area contributed by atoms with Gasteiger partial charge in [0.2, 0.25) is 0 Å². The van der Waals surface area contributed by atoms with Gasteiger partial charge in [0.1, 0.15) is 5.82 Å². The lowest BCUT2D eigenvalue weighted by Crippen LogP contribution is -2.08. The molecular formula is C9H11N3O2. The van der Waals surface area contributed by atoms with E-state index in [1.165, 1.54) is 20.0 Å². The number of esters is 1. The average molecular weight is 193 g/mol. The highest BCUT2D eigenvalue weighted by Crippen LogP contribution is 2.23. The number of anilines is 1. The molecule has 0 saturated heterocycles. The number of nitrogens with one attached hydrogen (secondary N) is 1. The van der Waals surface area contributed by atoms with E-state index in [9.17, 15) is 4.79 Å². The van der Waals surface area contributed by atoms with Gasteiger partial charge in [-0.15, -0.1) is 10.2 Å². The van der Waals surface area contributed by atoms with E-state index in [1.807, 2.05) is 0 Å². The predicted molar refractivity (Wildman–Crippen MR) is 50.0 cm³/mol. The van der Waals surface area contributed by atoms with Crippen LogP contribution in [0.4, 0.5) is 5.82 Å². The number of hydrogen-bond acceptors (Lipinski definition) is 5. The zero-order valence-corrected chi connectivity index (χ0v) is 7.86. The summed E-state index contributed by atoms with van der Waals surface area (Å²) in [6.45, 7) is 0. The fourth-order valence-corrected chi connectivity index (χ4v) is 1.06. The van der Waals surface area contributed by atoms with E-state index >= 15 is 0 Å². The first-order valence-corrected chi connectivity index (χ1v) is 4.48. The van der Waals surface area contributed by atoms with Crippen LogP contribution in [0, 0.1) is 0 Å². The third kappa shape index (κ3) is 1.99. The van der Waals surface area contributed by atoms with E-state index in [0.29, 0.717) is 11.9 Å². The number of nitrogens with zero attached hydrogens (tertiary/aromatic N) is 2. The molecule has 2 rings (SSSR count). The number of ether oxygens (including phenoxy) is 1. The van der Waals surface area contributed by atoms with E-state index in [4.69, 9.17) is 0 Å². The number of rotatable bonds is 3. The van der Waals surface area contributed by atoms with Gasteiger partial charge in [-0.3, -0.25) is 0 Å². The Morgan fingerprint density at radius 3 is 2.79 bits per heavy atom. The van der Waals surface area contributed by atoms with Gasteiger partial charge in [0, 0.05) is 6.04 Å². The summed E-state index contributed by atoms with van der Waals surface area (Å²) in [7, 11) is 1.32. The Morgan fingerprint density at radius 1 is 1.50 bits per heavy atom. The second-order valence-corrected chi connectivity index (χ2v) is 3.21. The van der Waals surface area contributed by atoms with Crippen molar-refractivity contribution in [2.24, 2.45) is 0 Å². The van der Waals surface area contributed by atoms with Crippen LogP contribution in [0.2, 0.25) is 0 Å².